The van der Waals surface area contributed by atoms with Crippen molar-refractivity contribution in [2.45, 2.75) is 31.8 Å². The van der Waals surface area contributed by atoms with Crippen molar-refractivity contribution >= 4 is 23.2 Å². The van der Waals surface area contributed by atoms with Crippen molar-refractivity contribution in [3.05, 3.63) is 89.1 Å². The smallest absolute Gasteiger partial charge is 0.313 e. The molecule has 0 aliphatic carbocycles. The fourth-order valence-corrected chi connectivity index (χ4v) is 3.72. The van der Waals surface area contributed by atoms with Crippen molar-refractivity contribution in [3.8, 4) is 0 Å². The molecule has 0 saturated carbocycles. The SMILES string of the molecule is COC(=O)CC(=O)CC(O)/C=C/C(=C(c1ccc(F)cc1)c1ccc(F)cc1)N1CCCC1=O. The third-order valence-corrected chi connectivity index (χ3v) is 5.37. The highest BCUT2D eigenvalue weighted by Crippen LogP contribution is 2.32. The number of hydrogen-bond acceptors (Lipinski definition) is 5. The van der Waals surface area contributed by atoms with Gasteiger partial charge in [-0.15, -0.1) is 0 Å². The van der Waals surface area contributed by atoms with Gasteiger partial charge in [0.1, 0.15) is 23.8 Å². The lowest BCUT2D eigenvalue weighted by Crippen LogP contribution is -2.25. The second-order valence-corrected chi connectivity index (χ2v) is 7.85. The average molecular weight is 469 g/mol. The number of amides is 1. The first-order valence-corrected chi connectivity index (χ1v) is 10.8. The lowest BCUT2D eigenvalue weighted by Gasteiger charge is -2.23. The summed E-state index contributed by atoms with van der Waals surface area (Å²) in [5.41, 5.74) is 2.15. The highest BCUT2D eigenvalue weighted by molar-refractivity contribution is 5.95. The number of carbonyl (C=O) groups is 3. The summed E-state index contributed by atoms with van der Waals surface area (Å²) < 4.78 is 31.7. The van der Waals surface area contributed by atoms with Gasteiger partial charge in [0.2, 0.25) is 5.91 Å². The molecule has 1 heterocycles. The summed E-state index contributed by atoms with van der Waals surface area (Å²) in [5.74, 6) is -2.19. The van der Waals surface area contributed by atoms with Crippen LogP contribution in [-0.4, -0.2) is 47.4 Å². The van der Waals surface area contributed by atoms with Gasteiger partial charge in [-0.1, -0.05) is 30.3 Å². The Kier molecular flexibility index (Phi) is 8.43. The van der Waals surface area contributed by atoms with Gasteiger partial charge in [-0.2, -0.15) is 0 Å². The molecule has 2 aromatic carbocycles. The van der Waals surface area contributed by atoms with Crippen LogP contribution in [0.3, 0.4) is 0 Å². The number of benzene rings is 2. The molecule has 8 heteroatoms. The van der Waals surface area contributed by atoms with E-state index in [-0.39, 0.29) is 12.3 Å². The number of ketones is 1. The maximum atomic E-state index is 13.6. The summed E-state index contributed by atoms with van der Waals surface area (Å²) in [7, 11) is 1.17. The molecule has 6 nitrogen and oxygen atoms in total. The number of halogens is 2. The van der Waals surface area contributed by atoms with Crippen molar-refractivity contribution in [3.63, 3.8) is 0 Å². The summed E-state index contributed by atoms with van der Waals surface area (Å²) in [6.07, 6.45) is 1.89. The topological polar surface area (TPSA) is 83.9 Å². The number of hydrogen-bond donors (Lipinski definition) is 1. The monoisotopic (exact) mass is 469 g/mol. The number of allylic oxidation sites excluding steroid dienone is 1. The highest BCUT2D eigenvalue weighted by Gasteiger charge is 2.26. The molecule has 0 radical (unpaired) electrons. The lowest BCUT2D eigenvalue weighted by molar-refractivity contribution is -0.143. The van der Waals surface area contributed by atoms with Crippen LogP contribution in [0.25, 0.3) is 5.57 Å². The van der Waals surface area contributed by atoms with E-state index in [1.165, 1.54) is 43.5 Å². The van der Waals surface area contributed by atoms with Gasteiger partial charge < -0.3 is 14.7 Å². The maximum Gasteiger partial charge on any atom is 0.313 e. The number of aliphatic hydroxyl groups is 1. The fourth-order valence-electron chi connectivity index (χ4n) is 3.72. The molecule has 1 fully saturated rings. The number of likely N-dealkylation sites (tertiary alicyclic amines) is 1. The van der Waals surface area contributed by atoms with Gasteiger partial charge in [0.25, 0.3) is 0 Å². The van der Waals surface area contributed by atoms with Gasteiger partial charge in [-0.05, 0) is 47.9 Å². The van der Waals surface area contributed by atoms with Crippen molar-refractivity contribution in [2.75, 3.05) is 13.7 Å². The van der Waals surface area contributed by atoms with Gasteiger partial charge in [0.05, 0.1) is 18.9 Å². The normalized spacial score (nSPS) is 14.4. The average Bonchev–Trinajstić information content (AvgIpc) is 3.23. The zero-order chi connectivity index (χ0) is 24.7. The van der Waals surface area contributed by atoms with E-state index in [4.69, 9.17) is 0 Å². The minimum atomic E-state index is -1.22. The third kappa shape index (κ3) is 6.45. The predicted octanol–water partition coefficient (Wildman–Crippen LogP) is 3.79. The number of methoxy groups -OCH3 is 1. The molecule has 178 valence electrons. The molecule has 3 rings (SSSR count). The van der Waals surface area contributed by atoms with E-state index in [9.17, 15) is 28.3 Å². The zero-order valence-electron chi connectivity index (χ0n) is 18.7. The number of carbonyl (C=O) groups excluding carboxylic acids is 3. The number of esters is 1. The second-order valence-electron chi connectivity index (χ2n) is 7.85. The standard InChI is InChI=1S/C26H25F2NO5/c1-34-25(33)16-22(31)15-21(30)12-13-23(29-14-2-3-24(29)32)26(17-4-8-19(27)9-5-17)18-6-10-20(28)11-7-18/h4-13,21,30H,2-3,14-16H2,1H3/b13-12+. The molecule has 1 amide bonds. The summed E-state index contributed by atoms with van der Waals surface area (Å²) in [6, 6.07) is 11.4. The molecular weight excluding hydrogens is 444 g/mol. The van der Waals surface area contributed by atoms with Crippen LogP contribution in [0.1, 0.15) is 36.8 Å². The molecule has 1 atom stereocenters. The Bertz CT molecular complexity index is 1060. The van der Waals surface area contributed by atoms with Crippen LogP contribution in [0, 0.1) is 11.6 Å². The first-order valence-electron chi connectivity index (χ1n) is 10.8. The van der Waals surface area contributed by atoms with Crippen molar-refractivity contribution in [2.24, 2.45) is 0 Å². The predicted molar refractivity (Wildman–Crippen MR) is 121 cm³/mol. The summed E-state index contributed by atoms with van der Waals surface area (Å²) in [6.45, 7) is 0.432. The Balaban J connectivity index is 2.06. The second kappa shape index (κ2) is 11.5. The minimum Gasteiger partial charge on any atom is -0.469 e. The Hall–Kier alpha value is -3.65. The number of rotatable bonds is 9. The van der Waals surface area contributed by atoms with Gasteiger partial charge in [-0.25, -0.2) is 8.78 Å². The van der Waals surface area contributed by atoms with Crippen LogP contribution >= 0.6 is 0 Å². The maximum absolute atomic E-state index is 13.6. The minimum absolute atomic E-state index is 0.127. The molecule has 0 bridgehead atoms. The molecule has 1 aliphatic heterocycles. The van der Waals surface area contributed by atoms with E-state index in [0.29, 0.717) is 41.8 Å². The molecule has 1 unspecified atom stereocenters. The quantitative estimate of drug-likeness (QED) is 0.343. The first kappa shape index (κ1) is 25.0. The lowest BCUT2D eigenvalue weighted by atomic mass is 9.94. The van der Waals surface area contributed by atoms with Gasteiger partial charge >= 0.3 is 5.97 Å². The first-order chi connectivity index (χ1) is 16.3. The van der Waals surface area contributed by atoms with Crippen LogP contribution in [0.4, 0.5) is 8.78 Å². The molecule has 2 aromatic rings. The molecule has 0 aromatic heterocycles. The summed E-state index contributed by atoms with van der Waals surface area (Å²) in [5, 5.41) is 10.4. The Morgan fingerprint density at radius 2 is 1.62 bits per heavy atom. The van der Waals surface area contributed by atoms with Crippen LogP contribution in [0.15, 0.2) is 66.4 Å². The van der Waals surface area contributed by atoms with E-state index >= 15 is 0 Å². The van der Waals surface area contributed by atoms with Crippen molar-refractivity contribution in [1.82, 2.24) is 4.90 Å². The Labute approximate surface area is 196 Å². The number of ether oxygens (including phenoxy) is 1. The summed E-state index contributed by atoms with van der Waals surface area (Å²) >= 11 is 0. The largest absolute Gasteiger partial charge is 0.469 e. The Morgan fingerprint density at radius 3 is 2.09 bits per heavy atom. The van der Waals surface area contributed by atoms with Gasteiger partial charge in [0, 0.05) is 25.0 Å². The molecular formula is C26H25F2NO5. The molecule has 1 aliphatic rings. The van der Waals surface area contributed by atoms with E-state index in [0.717, 1.165) is 0 Å². The van der Waals surface area contributed by atoms with Gasteiger partial charge in [0.15, 0.2) is 0 Å². The van der Waals surface area contributed by atoms with E-state index in [1.807, 2.05) is 0 Å². The van der Waals surface area contributed by atoms with E-state index < -0.39 is 35.9 Å². The van der Waals surface area contributed by atoms with E-state index in [1.54, 1.807) is 29.2 Å². The molecule has 1 saturated heterocycles. The fraction of sp³-hybridized carbons (Fsp3) is 0.269. The van der Waals surface area contributed by atoms with Crippen molar-refractivity contribution < 1.29 is 33.0 Å². The van der Waals surface area contributed by atoms with E-state index in [2.05, 4.69) is 4.74 Å². The van der Waals surface area contributed by atoms with Crippen LogP contribution in [0.2, 0.25) is 0 Å². The zero-order valence-corrected chi connectivity index (χ0v) is 18.7. The summed E-state index contributed by atoms with van der Waals surface area (Å²) in [4.78, 5) is 37.5. The number of aliphatic hydroxyl groups excluding tert-OH is 1. The molecule has 0 spiro atoms. The third-order valence-electron chi connectivity index (χ3n) is 5.37. The van der Waals surface area contributed by atoms with Crippen molar-refractivity contribution in [1.29, 1.82) is 0 Å². The van der Waals surface area contributed by atoms with Gasteiger partial charge in [-0.3, -0.25) is 14.4 Å². The van der Waals surface area contributed by atoms with Crippen LogP contribution < -0.4 is 0 Å². The molecule has 34 heavy (non-hydrogen) atoms. The highest BCUT2D eigenvalue weighted by atomic mass is 19.1. The van der Waals surface area contributed by atoms with Crippen LogP contribution in [-0.2, 0) is 19.1 Å². The number of nitrogens with zero attached hydrogens (tertiary/aromatic N) is 1. The van der Waals surface area contributed by atoms with Crippen LogP contribution in [0.5, 0.6) is 0 Å². The molecule has 1 N–H and O–H groups in total. The Morgan fingerprint density at radius 1 is 1.06 bits per heavy atom. The number of Topliss-reactive ketones (excluding diaryl/α,β-unsaturated/α-hetero) is 1.